The SMILES string of the molecule is CC(C)(C)N1CCN(C(C)(C)C)C1=O. The average Bonchev–Trinajstić information content (AvgIpc) is 2.26. The molecule has 82 valence electrons. The predicted molar refractivity (Wildman–Crippen MR) is 58.3 cm³/mol. The molecular formula is C11H22N2O. The van der Waals surface area contributed by atoms with E-state index in [1.54, 1.807) is 0 Å². The second kappa shape index (κ2) is 3.14. The summed E-state index contributed by atoms with van der Waals surface area (Å²) >= 11 is 0. The van der Waals surface area contributed by atoms with E-state index in [9.17, 15) is 4.79 Å². The molecule has 14 heavy (non-hydrogen) atoms. The number of urea groups is 1. The van der Waals surface area contributed by atoms with Crippen LogP contribution in [0.4, 0.5) is 4.79 Å². The molecule has 0 aromatic rings. The number of carbonyl (C=O) groups excluding carboxylic acids is 1. The van der Waals surface area contributed by atoms with Crippen molar-refractivity contribution in [2.24, 2.45) is 0 Å². The van der Waals surface area contributed by atoms with E-state index in [2.05, 4.69) is 41.5 Å². The van der Waals surface area contributed by atoms with Crippen molar-refractivity contribution in [1.29, 1.82) is 0 Å². The van der Waals surface area contributed by atoms with E-state index in [-0.39, 0.29) is 17.1 Å². The smallest absolute Gasteiger partial charge is 0.318 e. The van der Waals surface area contributed by atoms with Gasteiger partial charge in [0.15, 0.2) is 0 Å². The summed E-state index contributed by atoms with van der Waals surface area (Å²) in [5, 5.41) is 0. The van der Waals surface area contributed by atoms with Gasteiger partial charge in [0.1, 0.15) is 0 Å². The minimum Gasteiger partial charge on any atom is -0.318 e. The van der Waals surface area contributed by atoms with Crippen molar-refractivity contribution in [3.63, 3.8) is 0 Å². The highest BCUT2D eigenvalue weighted by Crippen LogP contribution is 2.25. The van der Waals surface area contributed by atoms with Gasteiger partial charge in [0.25, 0.3) is 0 Å². The molecular weight excluding hydrogens is 176 g/mol. The maximum absolute atomic E-state index is 12.1. The highest BCUT2D eigenvalue weighted by atomic mass is 16.2. The first-order valence-electron chi connectivity index (χ1n) is 5.23. The third kappa shape index (κ3) is 2.02. The molecule has 1 fully saturated rings. The molecule has 0 spiro atoms. The van der Waals surface area contributed by atoms with Crippen molar-refractivity contribution in [2.45, 2.75) is 52.6 Å². The third-order valence-corrected chi connectivity index (χ3v) is 2.63. The van der Waals surface area contributed by atoms with E-state index in [4.69, 9.17) is 0 Å². The Morgan fingerprint density at radius 3 is 1.29 bits per heavy atom. The third-order valence-electron chi connectivity index (χ3n) is 2.63. The zero-order valence-electron chi connectivity index (χ0n) is 10.2. The zero-order chi connectivity index (χ0) is 11.1. The molecule has 3 heteroatoms. The highest BCUT2D eigenvalue weighted by molar-refractivity contribution is 5.78. The lowest BCUT2D eigenvalue weighted by atomic mass is 10.1. The van der Waals surface area contributed by atoms with Gasteiger partial charge < -0.3 is 9.80 Å². The van der Waals surface area contributed by atoms with Gasteiger partial charge in [0.2, 0.25) is 0 Å². The highest BCUT2D eigenvalue weighted by Gasteiger charge is 2.40. The van der Waals surface area contributed by atoms with Crippen LogP contribution in [0.15, 0.2) is 0 Å². The van der Waals surface area contributed by atoms with Gasteiger partial charge in [-0.3, -0.25) is 0 Å². The van der Waals surface area contributed by atoms with Crippen LogP contribution >= 0.6 is 0 Å². The molecule has 0 saturated carbocycles. The van der Waals surface area contributed by atoms with Crippen molar-refractivity contribution >= 4 is 6.03 Å². The van der Waals surface area contributed by atoms with Crippen LogP contribution in [-0.2, 0) is 0 Å². The molecule has 0 radical (unpaired) electrons. The van der Waals surface area contributed by atoms with Crippen LogP contribution in [0.5, 0.6) is 0 Å². The zero-order valence-corrected chi connectivity index (χ0v) is 10.2. The Hall–Kier alpha value is -0.730. The fourth-order valence-corrected chi connectivity index (χ4v) is 1.78. The second-order valence-electron chi connectivity index (χ2n) is 5.93. The first-order valence-corrected chi connectivity index (χ1v) is 5.23. The van der Waals surface area contributed by atoms with Crippen LogP contribution in [0.2, 0.25) is 0 Å². The molecule has 0 N–H and O–H groups in total. The molecule has 2 amide bonds. The van der Waals surface area contributed by atoms with Crippen LogP contribution < -0.4 is 0 Å². The molecule has 0 unspecified atom stereocenters. The van der Waals surface area contributed by atoms with Crippen molar-refractivity contribution in [1.82, 2.24) is 9.80 Å². The maximum atomic E-state index is 12.1. The van der Waals surface area contributed by atoms with Gasteiger partial charge in [-0.1, -0.05) is 0 Å². The fraction of sp³-hybridized carbons (Fsp3) is 0.909. The standard InChI is InChI=1S/C11H22N2O/c1-10(2,3)12-7-8-13(9(12)14)11(4,5)6/h7-8H2,1-6H3. The van der Waals surface area contributed by atoms with Gasteiger partial charge in [-0.15, -0.1) is 0 Å². The molecule has 0 bridgehead atoms. The summed E-state index contributed by atoms with van der Waals surface area (Å²) in [5.74, 6) is 0. The van der Waals surface area contributed by atoms with Gasteiger partial charge in [-0.2, -0.15) is 0 Å². The average molecular weight is 198 g/mol. The number of carbonyl (C=O) groups is 1. The first kappa shape index (κ1) is 11.3. The minimum absolute atomic E-state index is 0.0584. The molecule has 0 aliphatic carbocycles. The number of amides is 2. The van der Waals surface area contributed by atoms with Gasteiger partial charge in [0.05, 0.1) is 0 Å². The van der Waals surface area contributed by atoms with Crippen LogP contribution in [-0.4, -0.2) is 40.0 Å². The summed E-state index contributed by atoms with van der Waals surface area (Å²) in [6.45, 7) is 14.2. The molecule has 0 aromatic carbocycles. The van der Waals surface area contributed by atoms with E-state index >= 15 is 0 Å². The Bertz CT molecular complexity index is 211. The Morgan fingerprint density at radius 1 is 0.857 bits per heavy atom. The summed E-state index contributed by atoms with van der Waals surface area (Å²) in [6, 6.07) is 0.171. The molecule has 1 aliphatic heterocycles. The summed E-state index contributed by atoms with van der Waals surface area (Å²) in [7, 11) is 0. The van der Waals surface area contributed by atoms with Crippen molar-refractivity contribution in [3.05, 3.63) is 0 Å². The summed E-state index contributed by atoms with van der Waals surface area (Å²) in [5.41, 5.74) is -0.117. The van der Waals surface area contributed by atoms with Crippen molar-refractivity contribution < 1.29 is 4.79 Å². The van der Waals surface area contributed by atoms with Gasteiger partial charge in [-0.25, -0.2) is 4.79 Å². The van der Waals surface area contributed by atoms with Crippen molar-refractivity contribution in [3.8, 4) is 0 Å². The number of nitrogens with zero attached hydrogens (tertiary/aromatic N) is 2. The first-order chi connectivity index (χ1) is 6.14. The normalized spacial score (nSPS) is 19.4. The molecule has 1 aliphatic rings. The quantitative estimate of drug-likeness (QED) is 0.586. The van der Waals surface area contributed by atoms with E-state index in [1.165, 1.54) is 0 Å². The van der Waals surface area contributed by atoms with E-state index in [1.807, 2.05) is 9.80 Å². The van der Waals surface area contributed by atoms with Gasteiger partial charge in [-0.05, 0) is 41.5 Å². The summed E-state index contributed by atoms with van der Waals surface area (Å²) in [6.07, 6.45) is 0. The summed E-state index contributed by atoms with van der Waals surface area (Å²) in [4.78, 5) is 15.9. The Labute approximate surface area is 87.1 Å². The second-order valence-corrected chi connectivity index (χ2v) is 5.93. The molecule has 0 atom stereocenters. The van der Waals surface area contributed by atoms with E-state index in [0.29, 0.717) is 0 Å². The van der Waals surface area contributed by atoms with E-state index < -0.39 is 0 Å². The molecule has 1 heterocycles. The van der Waals surface area contributed by atoms with Crippen molar-refractivity contribution in [2.75, 3.05) is 13.1 Å². The Balaban J connectivity index is 2.80. The molecule has 1 saturated heterocycles. The van der Waals surface area contributed by atoms with Crippen LogP contribution in [0.1, 0.15) is 41.5 Å². The number of hydrogen-bond acceptors (Lipinski definition) is 1. The summed E-state index contributed by atoms with van der Waals surface area (Å²) < 4.78 is 0. The minimum atomic E-state index is -0.0584. The van der Waals surface area contributed by atoms with Crippen LogP contribution in [0, 0.1) is 0 Å². The monoisotopic (exact) mass is 198 g/mol. The lowest BCUT2D eigenvalue weighted by Gasteiger charge is -2.35. The number of hydrogen-bond donors (Lipinski definition) is 0. The van der Waals surface area contributed by atoms with Crippen LogP contribution in [0.3, 0.4) is 0 Å². The Kier molecular flexibility index (Phi) is 2.55. The van der Waals surface area contributed by atoms with Gasteiger partial charge in [0, 0.05) is 24.2 Å². The van der Waals surface area contributed by atoms with Crippen LogP contribution in [0.25, 0.3) is 0 Å². The molecule has 3 nitrogen and oxygen atoms in total. The molecule has 0 aromatic heterocycles. The van der Waals surface area contributed by atoms with Gasteiger partial charge >= 0.3 is 6.03 Å². The predicted octanol–water partition coefficient (Wildman–Crippen LogP) is 2.32. The Morgan fingerprint density at radius 2 is 1.14 bits per heavy atom. The lowest BCUT2D eigenvalue weighted by Crippen LogP contribution is -2.48. The fourth-order valence-electron chi connectivity index (χ4n) is 1.78. The largest absolute Gasteiger partial charge is 0.320 e. The topological polar surface area (TPSA) is 23.6 Å². The maximum Gasteiger partial charge on any atom is 0.320 e. The lowest BCUT2D eigenvalue weighted by molar-refractivity contribution is 0.133. The number of rotatable bonds is 0. The molecule has 1 rings (SSSR count). The van der Waals surface area contributed by atoms with E-state index in [0.717, 1.165) is 13.1 Å².